The molecule has 0 bridgehead atoms. The fourth-order valence-electron chi connectivity index (χ4n) is 2.82. The Balaban J connectivity index is 2.22. The van der Waals surface area contributed by atoms with Gasteiger partial charge in [0, 0.05) is 13.5 Å². The summed E-state index contributed by atoms with van der Waals surface area (Å²) in [6, 6.07) is 0. The Hall–Kier alpha value is -1.43. The standard InChI is InChI=1S/C15H24N2O4/c1-10(2)14(3,13(18)19)9-11-16-12(17-21-11)15(20-4)7-5-6-8-15/h10H,5-9H2,1-4H3,(H,18,19). The number of aromatic nitrogens is 2. The van der Waals surface area contributed by atoms with E-state index in [2.05, 4.69) is 10.1 Å². The van der Waals surface area contributed by atoms with Crippen LogP contribution >= 0.6 is 0 Å². The highest BCUT2D eigenvalue weighted by atomic mass is 16.5. The maximum atomic E-state index is 11.5. The molecule has 1 atom stereocenters. The number of aliphatic carboxylic acids is 1. The number of nitrogens with zero attached hydrogens (tertiary/aromatic N) is 2. The topological polar surface area (TPSA) is 85.5 Å². The minimum absolute atomic E-state index is 0.0341. The molecule has 0 spiro atoms. The molecular weight excluding hydrogens is 272 g/mol. The van der Waals surface area contributed by atoms with Gasteiger partial charge in [0.15, 0.2) is 0 Å². The SMILES string of the molecule is COC1(c2noc(CC(C)(C(=O)O)C(C)C)n2)CCCC1. The van der Waals surface area contributed by atoms with Gasteiger partial charge in [-0.15, -0.1) is 0 Å². The molecule has 118 valence electrons. The van der Waals surface area contributed by atoms with Crippen LogP contribution in [0.5, 0.6) is 0 Å². The van der Waals surface area contributed by atoms with Crippen molar-refractivity contribution in [2.45, 2.75) is 58.5 Å². The average molecular weight is 296 g/mol. The summed E-state index contributed by atoms with van der Waals surface area (Å²) in [7, 11) is 1.66. The molecule has 1 aromatic rings. The summed E-state index contributed by atoms with van der Waals surface area (Å²) >= 11 is 0. The second-order valence-electron chi connectivity index (χ2n) is 6.47. The molecule has 1 aliphatic carbocycles. The summed E-state index contributed by atoms with van der Waals surface area (Å²) in [6.45, 7) is 5.49. The predicted octanol–water partition coefficient (Wildman–Crippen LogP) is 2.77. The van der Waals surface area contributed by atoms with Crippen molar-refractivity contribution in [1.82, 2.24) is 10.1 Å². The molecule has 6 nitrogen and oxygen atoms in total. The Morgan fingerprint density at radius 3 is 2.57 bits per heavy atom. The number of methoxy groups -OCH3 is 1. The van der Waals surface area contributed by atoms with Gasteiger partial charge in [-0.2, -0.15) is 4.98 Å². The molecule has 0 radical (unpaired) electrons. The van der Waals surface area contributed by atoms with Crippen LogP contribution in [-0.2, 0) is 21.6 Å². The fourth-order valence-corrected chi connectivity index (χ4v) is 2.82. The molecule has 21 heavy (non-hydrogen) atoms. The number of carboxylic acid groups (broad SMARTS) is 1. The highest BCUT2D eigenvalue weighted by molar-refractivity contribution is 5.74. The van der Waals surface area contributed by atoms with Crippen molar-refractivity contribution >= 4 is 5.97 Å². The third-order valence-corrected chi connectivity index (χ3v) is 4.96. The number of hydrogen-bond acceptors (Lipinski definition) is 5. The zero-order valence-electron chi connectivity index (χ0n) is 13.2. The van der Waals surface area contributed by atoms with Crippen LogP contribution in [0.2, 0.25) is 0 Å². The monoisotopic (exact) mass is 296 g/mol. The molecule has 1 saturated carbocycles. The summed E-state index contributed by atoms with van der Waals surface area (Å²) < 4.78 is 10.9. The summed E-state index contributed by atoms with van der Waals surface area (Å²) in [4.78, 5) is 16.0. The first-order chi connectivity index (χ1) is 9.84. The second-order valence-corrected chi connectivity index (χ2v) is 6.47. The van der Waals surface area contributed by atoms with E-state index in [0.29, 0.717) is 11.7 Å². The lowest BCUT2D eigenvalue weighted by molar-refractivity contribution is -0.150. The maximum absolute atomic E-state index is 11.5. The van der Waals surface area contributed by atoms with Gasteiger partial charge >= 0.3 is 5.97 Å². The van der Waals surface area contributed by atoms with E-state index < -0.39 is 17.0 Å². The molecule has 1 unspecified atom stereocenters. The van der Waals surface area contributed by atoms with Gasteiger partial charge in [0.05, 0.1) is 5.41 Å². The van der Waals surface area contributed by atoms with Crippen LogP contribution < -0.4 is 0 Å². The molecule has 0 saturated heterocycles. The van der Waals surface area contributed by atoms with E-state index in [1.54, 1.807) is 14.0 Å². The molecule has 1 N–H and O–H groups in total. The van der Waals surface area contributed by atoms with E-state index in [1.807, 2.05) is 13.8 Å². The second kappa shape index (κ2) is 5.75. The molecule has 6 heteroatoms. The van der Waals surface area contributed by atoms with Gasteiger partial charge in [-0.25, -0.2) is 0 Å². The quantitative estimate of drug-likeness (QED) is 0.868. The molecule has 0 aromatic carbocycles. The molecule has 0 amide bonds. The number of hydrogen-bond donors (Lipinski definition) is 1. The van der Waals surface area contributed by atoms with Gasteiger partial charge in [-0.3, -0.25) is 4.79 Å². The molecule has 1 aliphatic rings. The molecule has 1 heterocycles. The molecule has 1 fully saturated rings. The van der Waals surface area contributed by atoms with E-state index in [1.165, 1.54) is 0 Å². The van der Waals surface area contributed by atoms with Gasteiger partial charge < -0.3 is 14.4 Å². The highest BCUT2D eigenvalue weighted by Gasteiger charge is 2.42. The maximum Gasteiger partial charge on any atom is 0.310 e. The van der Waals surface area contributed by atoms with E-state index in [-0.39, 0.29) is 12.3 Å². The Morgan fingerprint density at radius 1 is 1.48 bits per heavy atom. The van der Waals surface area contributed by atoms with E-state index in [9.17, 15) is 9.90 Å². The Labute approximate surface area is 124 Å². The molecular formula is C15H24N2O4. The van der Waals surface area contributed by atoms with Crippen LogP contribution in [0.25, 0.3) is 0 Å². The minimum atomic E-state index is -0.917. The zero-order chi connectivity index (χ0) is 15.7. The summed E-state index contributed by atoms with van der Waals surface area (Å²) in [5, 5.41) is 13.5. The first-order valence-corrected chi connectivity index (χ1v) is 7.46. The van der Waals surface area contributed by atoms with Crippen molar-refractivity contribution in [3.8, 4) is 0 Å². The zero-order valence-corrected chi connectivity index (χ0v) is 13.2. The van der Waals surface area contributed by atoms with Crippen molar-refractivity contribution in [3.63, 3.8) is 0 Å². The predicted molar refractivity (Wildman–Crippen MR) is 75.7 cm³/mol. The smallest absolute Gasteiger partial charge is 0.310 e. The van der Waals surface area contributed by atoms with Crippen LogP contribution in [0, 0.1) is 11.3 Å². The van der Waals surface area contributed by atoms with Crippen molar-refractivity contribution in [2.75, 3.05) is 7.11 Å². The third kappa shape index (κ3) is 2.81. The highest BCUT2D eigenvalue weighted by Crippen LogP contribution is 2.40. The average Bonchev–Trinajstić information content (AvgIpc) is 3.07. The van der Waals surface area contributed by atoms with Crippen molar-refractivity contribution in [1.29, 1.82) is 0 Å². The lowest BCUT2D eigenvalue weighted by Gasteiger charge is -2.27. The van der Waals surface area contributed by atoms with Gasteiger partial charge in [0.25, 0.3) is 0 Å². The number of rotatable bonds is 6. The van der Waals surface area contributed by atoms with Crippen molar-refractivity contribution in [3.05, 3.63) is 11.7 Å². The van der Waals surface area contributed by atoms with Gasteiger partial charge in [0.1, 0.15) is 5.60 Å². The summed E-state index contributed by atoms with van der Waals surface area (Å²) in [6.07, 6.45) is 4.14. The van der Waals surface area contributed by atoms with Crippen LogP contribution in [0.1, 0.15) is 58.2 Å². The molecule has 0 aliphatic heterocycles. The Morgan fingerprint density at radius 2 is 2.10 bits per heavy atom. The Bertz CT molecular complexity index is 506. The minimum Gasteiger partial charge on any atom is -0.481 e. The lowest BCUT2D eigenvalue weighted by Crippen LogP contribution is -2.35. The first kappa shape index (κ1) is 15.9. The normalized spacial score (nSPS) is 20.6. The van der Waals surface area contributed by atoms with Crippen LogP contribution in [0.3, 0.4) is 0 Å². The van der Waals surface area contributed by atoms with Crippen LogP contribution in [0.15, 0.2) is 4.52 Å². The van der Waals surface area contributed by atoms with Crippen LogP contribution in [0.4, 0.5) is 0 Å². The van der Waals surface area contributed by atoms with Gasteiger partial charge in [-0.05, 0) is 38.5 Å². The van der Waals surface area contributed by atoms with E-state index in [4.69, 9.17) is 9.26 Å². The van der Waals surface area contributed by atoms with E-state index in [0.717, 1.165) is 25.7 Å². The van der Waals surface area contributed by atoms with E-state index >= 15 is 0 Å². The first-order valence-electron chi connectivity index (χ1n) is 7.46. The third-order valence-electron chi connectivity index (χ3n) is 4.96. The summed E-state index contributed by atoms with van der Waals surface area (Å²) in [5.74, 6) is 0.0358. The Kier molecular flexibility index (Phi) is 4.37. The number of ether oxygens (including phenoxy) is 1. The largest absolute Gasteiger partial charge is 0.481 e. The molecule has 2 rings (SSSR count). The van der Waals surface area contributed by atoms with Gasteiger partial charge in [-0.1, -0.05) is 19.0 Å². The number of carboxylic acids is 1. The summed E-state index contributed by atoms with van der Waals surface area (Å²) in [5.41, 5.74) is -1.38. The van der Waals surface area contributed by atoms with Crippen molar-refractivity contribution in [2.24, 2.45) is 11.3 Å². The lowest BCUT2D eigenvalue weighted by atomic mass is 9.76. The fraction of sp³-hybridized carbons (Fsp3) is 0.800. The van der Waals surface area contributed by atoms with Crippen molar-refractivity contribution < 1.29 is 19.2 Å². The van der Waals surface area contributed by atoms with Crippen LogP contribution in [-0.4, -0.2) is 28.3 Å². The molecule has 1 aromatic heterocycles. The number of carbonyl (C=O) groups is 1. The van der Waals surface area contributed by atoms with Gasteiger partial charge in [0.2, 0.25) is 11.7 Å².